The molecule has 0 saturated carbocycles. The van der Waals surface area contributed by atoms with Gasteiger partial charge in [0, 0.05) is 55.2 Å². The van der Waals surface area contributed by atoms with Gasteiger partial charge in [0.15, 0.2) is 0 Å². The normalized spacial score (nSPS) is 11.6. The third-order valence-electron chi connectivity index (χ3n) is 10.9. The van der Waals surface area contributed by atoms with Crippen LogP contribution in [0.3, 0.4) is 0 Å². The number of hydrogen-bond acceptors (Lipinski definition) is 1. The third kappa shape index (κ3) is 5.05. The molecule has 0 aliphatic carbocycles. The van der Waals surface area contributed by atoms with Gasteiger partial charge in [-0.2, -0.15) is 0 Å². The summed E-state index contributed by atoms with van der Waals surface area (Å²) in [4.78, 5) is 0. The minimum Gasteiger partial charge on any atom is -0.456 e. The summed E-state index contributed by atoms with van der Waals surface area (Å²) in [5.41, 5.74) is 13.8. The average Bonchev–Trinajstić information content (AvgIpc) is 3.98. The van der Waals surface area contributed by atoms with Gasteiger partial charge in [0.1, 0.15) is 11.5 Å². The van der Waals surface area contributed by atoms with Crippen molar-refractivity contribution in [3.8, 4) is 56.3 Å². The molecule has 11 rings (SSSR count). The highest BCUT2D eigenvalue weighted by atomic mass is 16.3. The molecule has 8 aromatic carbocycles. The zero-order valence-corrected chi connectivity index (χ0v) is 29.9. The average molecular weight is 703 g/mol. The zero-order valence-electron chi connectivity index (χ0n) is 29.9. The largest absolute Gasteiger partial charge is 0.456 e. The predicted octanol–water partition coefficient (Wildman–Crippen LogP) is 14.1. The SMILES string of the molecule is c1ccc(-n2c3ccccc3c3cccc(-c4cccc(-c5ccc(-c6cccc(-c7cccc8c9ccccc9n(-c9ccccc9)c78)c6)o5)c4)c32)cc1. The quantitative estimate of drug-likeness (QED) is 0.169. The molecule has 0 saturated heterocycles. The van der Waals surface area contributed by atoms with Crippen molar-refractivity contribution in [1.82, 2.24) is 9.13 Å². The van der Waals surface area contributed by atoms with Crippen molar-refractivity contribution >= 4 is 43.6 Å². The number of aromatic nitrogens is 2. The topological polar surface area (TPSA) is 23.0 Å². The molecular formula is C52H34N2O. The van der Waals surface area contributed by atoms with Gasteiger partial charge < -0.3 is 13.6 Å². The van der Waals surface area contributed by atoms with Crippen LogP contribution in [-0.4, -0.2) is 9.13 Å². The summed E-state index contributed by atoms with van der Waals surface area (Å²) in [5.74, 6) is 1.67. The first-order valence-electron chi connectivity index (χ1n) is 18.8. The molecule has 0 spiro atoms. The van der Waals surface area contributed by atoms with Crippen molar-refractivity contribution in [2.75, 3.05) is 0 Å². The van der Waals surface area contributed by atoms with Crippen LogP contribution in [-0.2, 0) is 0 Å². The molecule has 3 nitrogen and oxygen atoms in total. The summed E-state index contributed by atoms with van der Waals surface area (Å²) < 4.78 is 11.5. The lowest BCUT2D eigenvalue weighted by Crippen LogP contribution is -1.95. The molecule has 11 aromatic rings. The van der Waals surface area contributed by atoms with Crippen LogP contribution < -0.4 is 0 Å². The summed E-state index contributed by atoms with van der Waals surface area (Å²) in [7, 11) is 0. The maximum Gasteiger partial charge on any atom is 0.134 e. The Kier molecular flexibility index (Phi) is 7.17. The van der Waals surface area contributed by atoms with Gasteiger partial charge in [0.05, 0.1) is 22.1 Å². The second-order valence-corrected chi connectivity index (χ2v) is 14.1. The number of para-hydroxylation sites is 6. The van der Waals surface area contributed by atoms with Crippen LogP contribution >= 0.6 is 0 Å². The second kappa shape index (κ2) is 12.6. The lowest BCUT2D eigenvalue weighted by atomic mass is 9.99. The number of fused-ring (bicyclic) bond motifs is 6. The molecule has 55 heavy (non-hydrogen) atoms. The first-order chi connectivity index (χ1) is 27.3. The van der Waals surface area contributed by atoms with E-state index in [9.17, 15) is 0 Å². The van der Waals surface area contributed by atoms with Gasteiger partial charge in [-0.1, -0.05) is 146 Å². The fraction of sp³-hybridized carbons (Fsp3) is 0. The van der Waals surface area contributed by atoms with E-state index in [0.717, 1.165) is 45.1 Å². The molecule has 258 valence electrons. The molecule has 3 aromatic heterocycles. The molecule has 3 heterocycles. The Bertz CT molecular complexity index is 2980. The van der Waals surface area contributed by atoms with E-state index in [1.54, 1.807) is 0 Å². The maximum atomic E-state index is 6.68. The van der Waals surface area contributed by atoms with Gasteiger partial charge in [-0.25, -0.2) is 0 Å². The van der Waals surface area contributed by atoms with Crippen molar-refractivity contribution in [3.63, 3.8) is 0 Å². The van der Waals surface area contributed by atoms with E-state index in [0.29, 0.717) is 0 Å². The smallest absolute Gasteiger partial charge is 0.134 e. The first kappa shape index (κ1) is 31.2. The van der Waals surface area contributed by atoms with Crippen LogP contribution in [0.15, 0.2) is 211 Å². The van der Waals surface area contributed by atoms with Crippen molar-refractivity contribution in [2.45, 2.75) is 0 Å². The number of rotatable bonds is 6. The van der Waals surface area contributed by atoms with Gasteiger partial charge in [0.25, 0.3) is 0 Å². The summed E-state index contributed by atoms with van der Waals surface area (Å²) in [6.45, 7) is 0. The Morgan fingerprint density at radius 2 is 0.673 bits per heavy atom. The standard InChI is InChI=1S/C52H34N2O/c1-3-19-39(20-4-1)53-47-29-9-7-23-43(47)45-27-13-25-41(51(45)53)35-15-11-17-37(33-35)49-31-32-50(55-49)38-18-12-16-36(34-38)42-26-14-28-46-44-24-8-10-30-48(44)54(52(42)46)40-21-5-2-6-22-40/h1-34H. The van der Waals surface area contributed by atoms with Crippen LogP contribution in [0.5, 0.6) is 0 Å². The number of nitrogens with zero attached hydrogens (tertiary/aromatic N) is 2. The molecule has 0 amide bonds. The molecule has 0 fully saturated rings. The van der Waals surface area contributed by atoms with Gasteiger partial charge in [0.2, 0.25) is 0 Å². The van der Waals surface area contributed by atoms with Crippen LogP contribution in [0.4, 0.5) is 0 Å². The lowest BCUT2D eigenvalue weighted by molar-refractivity contribution is 0.597. The Labute approximate surface area is 318 Å². The maximum absolute atomic E-state index is 6.68. The van der Waals surface area contributed by atoms with Gasteiger partial charge in [-0.3, -0.25) is 0 Å². The summed E-state index contributed by atoms with van der Waals surface area (Å²) in [6.07, 6.45) is 0. The predicted molar refractivity (Wildman–Crippen MR) is 229 cm³/mol. The Morgan fingerprint density at radius 1 is 0.291 bits per heavy atom. The second-order valence-electron chi connectivity index (χ2n) is 14.1. The van der Waals surface area contributed by atoms with E-state index in [2.05, 4.69) is 215 Å². The fourth-order valence-corrected chi connectivity index (χ4v) is 8.52. The van der Waals surface area contributed by atoms with E-state index in [-0.39, 0.29) is 0 Å². The number of furan rings is 1. The zero-order chi connectivity index (χ0) is 36.3. The minimum atomic E-state index is 0.837. The molecule has 0 atom stereocenters. The summed E-state index contributed by atoms with van der Waals surface area (Å²) in [6, 6.07) is 73.6. The molecule has 0 aliphatic rings. The van der Waals surface area contributed by atoms with E-state index in [1.165, 1.54) is 54.7 Å². The Hall–Kier alpha value is -7.36. The minimum absolute atomic E-state index is 0.837. The molecule has 3 heteroatoms. The van der Waals surface area contributed by atoms with Crippen LogP contribution in [0.2, 0.25) is 0 Å². The van der Waals surface area contributed by atoms with Gasteiger partial charge in [-0.15, -0.1) is 0 Å². The molecule has 0 radical (unpaired) electrons. The van der Waals surface area contributed by atoms with Crippen molar-refractivity contribution in [1.29, 1.82) is 0 Å². The number of benzene rings is 8. The highest BCUT2D eigenvalue weighted by Gasteiger charge is 2.19. The number of hydrogen-bond donors (Lipinski definition) is 0. The van der Waals surface area contributed by atoms with E-state index >= 15 is 0 Å². The Morgan fingerprint density at radius 3 is 1.15 bits per heavy atom. The van der Waals surface area contributed by atoms with Crippen LogP contribution in [0.1, 0.15) is 0 Å². The molecule has 0 bridgehead atoms. The van der Waals surface area contributed by atoms with Crippen molar-refractivity contribution in [2.24, 2.45) is 0 Å². The molecular weight excluding hydrogens is 669 g/mol. The van der Waals surface area contributed by atoms with E-state index in [4.69, 9.17) is 4.42 Å². The van der Waals surface area contributed by atoms with Crippen LogP contribution in [0.25, 0.3) is 99.9 Å². The van der Waals surface area contributed by atoms with Gasteiger partial charge in [-0.05, 0) is 71.8 Å². The summed E-state index contributed by atoms with van der Waals surface area (Å²) in [5, 5.41) is 4.97. The molecule has 0 N–H and O–H groups in total. The highest BCUT2D eigenvalue weighted by Crippen LogP contribution is 2.41. The van der Waals surface area contributed by atoms with E-state index < -0.39 is 0 Å². The molecule has 0 unspecified atom stereocenters. The lowest BCUT2D eigenvalue weighted by Gasteiger charge is -2.12. The van der Waals surface area contributed by atoms with Crippen molar-refractivity contribution in [3.05, 3.63) is 206 Å². The Balaban J connectivity index is 1.00. The van der Waals surface area contributed by atoms with Crippen LogP contribution in [0, 0.1) is 0 Å². The highest BCUT2D eigenvalue weighted by molar-refractivity contribution is 6.15. The monoisotopic (exact) mass is 702 g/mol. The third-order valence-corrected chi connectivity index (χ3v) is 10.9. The van der Waals surface area contributed by atoms with Gasteiger partial charge >= 0.3 is 0 Å². The fourth-order valence-electron chi connectivity index (χ4n) is 8.52. The molecule has 0 aliphatic heterocycles. The first-order valence-corrected chi connectivity index (χ1v) is 18.8. The van der Waals surface area contributed by atoms with Crippen molar-refractivity contribution < 1.29 is 4.42 Å². The summed E-state index contributed by atoms with van der Waals surface area (Å²) >= 11 is 0. The van der Waals surface area contributed by atoms with E-state index in [1.807, 2.05) is 0 Å².